The average molecular weight is 483 g/mol. The lowest BCUT2D eigenvalue weighted by Crippen LogP contribution is -2.15. The van der Waals surface area contributed by atoms with Gasteiger partial charge in [0.1, 0.15) is 12.4 Å². The number of carbonyl (C=O) groups is 1. The molecule has 0 amide bonds. The van der Waals surface area contributed by atoms with Gasteiger partial charge in [-0.2, -0.15) is 5.10 Å². The minimum absolute atomic E-state index is 0.360. The lowest BCUT2D eigenvalue weighted by Gasteiger charge is -2.12. The highest BCUT2D eigenvalue weighted by Crippen LogP contribution is 2.34. The second kappa shape index (κ2) is 10.0. The predicted molar refractivity (Wildman–Crippen MR) is 138 cm³/mol. The first-order valence-corrected chi connectivity index (χ1v) is 11.7. The largest absolute Gasteiger partial charge is 0.492 e. The maximum Gasteiger partial charge on any atom is 0.344 e. The fourth-order valence-corrected chi connectivity index (χ4v) is 4.12. The van der Waals surface area contributed by atoms with Gasteiger partial charge in [0.2, 0.25) is 5.88 Å². The molecule has 0 saturated heterocycles. The van der Waals surface area contributed by atoms with Gasteiger partial charge < -0.3 is 9.47 Å². The molecule has 0 saturated carbocycles. The molecule has 0 aliphatic carbocycles. The van der Waals surface area contributed by atoms with Crippen LogP contribution in [0.2, 0.25) is 5.02 Å². The van der Waals surface area contributed by atoms with E-state index in [1.165, 1.54) is 0 Å². The van der Waals surface area contributed by atoms with Crippen LogP contribution >= 0.6 is 11.6 Å². The van der Waals surface area contributed by atoms with Crippen LogP contribution in [0, 0.1) is 6.92 Å². The first-order valence-electron chi connectivity index (χ1n) is 11.3. The Morgan fingerprint density at radius 1 is 0.886 bits per heavy atom. The molecule has 35 heavy (non-hydrogen) atoms. The van der Waals surface area contributed by atoms with Crippen LogP contribution in [-0.2, 0) is 6.54 Å². The molecule has 0 N–H and O–H groups in total. The Kier molecular flexibility index (Phi) is 6.51. The summed E-state index contributed by atoms with van der Waals surface area (Å²) in [4.78, 5) is 13.0. The maximum atomic E-state index is 13.0. The van der Waals surface area contributed by atoms with Crippen LogP contribution in [0.5, 0.6) is 11.6 Å². The van der Waals surface area contributed by atoms with Crippen LogP contribution < -0.4 is 9.47 Å². The van der Waals surface area contributed by atoms with Gasteiger partial charge in [-0.3, -0.25) is 0 Å². The lowest BCUT2D eigenvalue weighted by molar-refractivity contribution is 0.0717. The van der Waals surface area contributed by atoms with E-state index in [0.29, 0.717) is 29.6 Å². The van der Waals surface area contributed by atoms with Crippen molar-refractivity contribution in [3.05, 3.63) is 113 Å². The van der Waals surface area contributed by atoms with Crippen molar-refractivity contribution in [2.45, 2.75) is 13.5 Å². The Morgan fingerprint density at radius 2 is 1.60 bits per heavy atom. The van der Waals surface area contributed by atoms with E-state index in [2.05, 4.69) is 17.2 Å². The number of hydrogen-bond acceptors (Lipinski definition) is 4. The molecule has 4 aromatic carbocycles. The van der Waals surface area contributed by atoms with Gasteiger partial charge in [-0.1, -0.05) is 72.3 Å². The Bertz CT molecular complexity index is 1480. The molecule has 5 nitrogen and oxygen atoms in total. The number of nitrogens with zero attached hydrogens (tertiary/aromatic N) is 2. The Labute approximate surface area is 208 Å². The molecule has 5 aromatic rings. The van der Waals surface area contributed by atoms with Gasteiger partial charge in [0.15, 0.2) is 0 Å². The summed E-state index contributed by atoms with van der Waals surface area (Å²) in [6.45, 7) is 2.67. The summed E-state index contributed by atoms with van der Waals surface area (Å²) in [5.74, 6) is 0.682. The fourth-order valence-electron chi connectivity index (χ4n) is 3.99. The molecule has 6 heteroatoms. The quantitative estimate of drug-likeness (QED) is 0.235. The van der Waals surface area contributed by atoms with Gasteiger partial charge >= 0.3 is 5.97 Å². The predicted octanol–water partition coefficient (Wildman–Crippen LogP) is 6.96. The highest BCUT2D eigenvalue weighted by Gasteiger charge is 2.22. The number of rotatable bonds is 7. The third-order valence-electron chi connectivity index (χ3n) is 5.71. The van der Waals surface area contributed by atoms with E-state index in [0.717, 1.165) is 33.3 Å². The van der Waals surface area contributed by atoms with Crippen molar-refractivity contribution in [3.8, 4) is 22.8 Å². The van der Waals surface area contributed by atoms with Crippen LogP contribution in [-0.4, -0.2) is 22.4 Å². The van der Waals surface area contributed by atoms with Gasteiger partial charge in [0.05, 0.1) is 23.4 Å². The molecule has 0 bridgehead atoms. The molecule has 0 unspecified atom stereocenters. The van der Waals surface area contributed by atoms with Crippen molar-refractivity contribution in [2.24, 2.45) is 0 Å². The summed E-state index contributed by atoms with van der Waals surface area (Å²) in [6.07, 6.45) is 0. The Hall–Kier alpha value is -4.09. The number of benzene rings is 4. The zero-order chi connectivity index (χ0) is 24.2. The summed E-state index contributed by atoms with van der Waals surface area (Å²) in [7, 11) is 0. The van der Waals surface area contributed by atoms with Crippen molar-refractivity contribution in [1.82, 2.24) is 9.78 Å². The molecular weight excluding hydrogens is 460 g/mol. The van der Waals surface area contributed by atoms with Gasteiger partial charge in [-0.05, 0) is 59.7 Å². The van der Waals surface area contributed by atoms with E-state index in [1.807, 2.05) is 67.6 Å². The Balaban J connectivity index is 1.40. The molecule has 0 atom stereocenters. The van der Waals surface area contributed by atoms with Crippen LogP contribution in [0.15, 0.2) is 97.1 Å². The van der Waals surface area contributed by atoms with Crippen molar-refractivity contribution < 1.29 is 14.3 Å². The molecule has 1 aromatic heterocycles. The number of ether oxygens (including phenoxy) is 2. The lowest BCUT2D eigenvalue weighted by atomic mass is 10.1. The molecule has 0 aliphatic heterocycles. The second-order valence-corrected chi connectivity index (χ2v) is 8.54. The summed E-state index contributed by atoms with van der Waals surface area (Å²) in [5, 5.41) is 7.49. The zero-order valence-electron chi connectivity index (χ0n) is 19.1. The van der Waals surface area contributed by atoms with E-state index >= 15 is 0 Å². The van der Waals surface area contributed by atoms with Crippen molar-refractivity contribution in [2.75, 3.05) is 6.61 Å². The minimum atomic E-state index is -0.476. The van der Waals surface area contributed by atoms with Gasteiger partial charge in [0.25, 0.3) is 0 Å². The summed E-state index contributed by atoms with van der Waals surface area (Å²) >= 11 is 5.97. The fraction of sp³-hybridized carbons (Fsp3) is 0.103. The van der Waals surface area contributed by atoms with E-state index in [-0.39, 0.29) is 0 Å². The molecule has 0 aliphatic rings. The monoisotopic (exact) mass is 482 g/mol. The first-order chi connectivity index (χ1) is 17.1. The van der Waals surface area contributed by atoms with Crippen LogP contribution in [0.3, 0.4) is 0 Å². The number of hydrogen-bond donors (Lipinski definition) is 0. The molecule has 5 rings (SSSR count). The number of halogens is 1. The highest BCUT2D eigenvalue weighted by atomic mass is 35.5. The first kappa shape index (κ1) is 22.7. The smallest absolute Gasteiger partial charge is 0.344 e. The Morgan fingerprint density at radius 3 is 2.37 bits per heavy atom. The topological polar surface area (TPSA) is 53.4 Å². The number of aromatic nitrogens is 2. The van der Waals surface area contributed by atoms with Crippen LogP contribution in [0.25, 0.3) is 21.9 Å². The molecule has 1 heterocycles. The standard InChI is InChI=1S/C29H23ClN2O3/c1-20-27(22-8-3-2-4-9-22)28(35-29(33)23-11-14-25(30)15-12-23)32(31-20)17-18-34-26-16-13-21-7-5-6-10-24(21)19-26/h2-16,19H,17-18H2,1H3. The zero-order valence-corrected chi connectivity index (χ0v) is 19.9. The molecule has 174 valence electrons. The second-order valence-electron chi connectivity index (χ2n) is 8.11. The molecule has 0 radical (unpaired) electrons. The number of aryl methyl sites for hydroxylation is 1. The number of fused-ring (bicyclic) bond motifs is 1. The van der Waals surface area contributed by atoms with E-state index in [4.69, 9.17) is 21.1 Å². The normalized spacial score (nSPS) is 10.9. The summed E-state index contributed by atoms with van der Waals surface area (Å²) < 4.78 is 13.6. The summed E-state index contributed by atoms with van der Waals surface area (Å²) in [5.41, 5.74) is 2.87. The van der Waals surface area contributed by atoms with Gasteiger partial charge in [-0.25, -0.2) is 9.48 Å². The van der Waals surface area contributed by atoms with E-state index in [9.17, 15) is 4.79 Å². The number of esters is 1. The van der Waals surface area contributed by atoms with Crippen molar-refractivity contribution in [1.29, 1.82) is 0 Å². The third kappa shape index (κ3) is 5.05. The highest BCUT2D eigenvalue weighted by molar-refractivity contribution is 6.30. The van der Waals surface area contributed by atoms with Crippen LogP contribution in [0.4, 0.5) is 0 Å². The summed E-state index contributed by atoms with van der Waals surface area (Å²) in [6, 6.07) is 30.5. The maximum absolute atomic E-state index is 13.0. The number of carbonyl (C=O) groups excluding carboxylic acids is 1. The van der Waals surface area contributed by atoms with Crippen molar-refractivity contribution in [3.63, 3.8) is 0 Å². The molecular formula is C29H23ClN2O3. The minimum Gasteiger partial charge on any atom is -0.492 e. The van der Waals surface area contributed by atoms with E-state index < -0.39 is 5.97 Å². The van der Waals surface area contributed by atoms with Crippen molar-refractivity contribution >= 4 is 28.3 Å². The van der Waals surface area contributed by atoms with Gasteiger partial charge in [-0.15, -0.1) is 0 Å². The van der Waals surface area contributed by atoms with E-state index in [1.54, 1.807) is 28.9 Å². The molecule has 0 spiro atoms. The van der Waals surface area contributed by atoms with Gasteiger partial charge in [0, 0.05) is 5.02 Å². The molecule has 0 fully saturated rings. The third-order valence-corrected chi connectivity index (χ3v) is 5.96. The van der Waals surface area contributed by atoms with Crippen LogP contribution in [0.1, 0.15) is 16.1 Å². The average Bonchev–Trinajstić information content (AvgIpc) is 3.19. The SMILES string of the molecule is Cc1nn(CCOc2ccc3ccccc3c2)c(OC(=O)c2ccc(Cl)cc2)c1-c1ccccc1.